The molecule has 1 heterocycles. The van der Waals surface area contributed by atoms with Crippen molar-refractivity contribution in [3.05, 3.63) is 34.1 Å². The third-order valence-corrected chi connectivity index (χ3v) is 9.22. The Morgan fingerprint density at radius 1 is 1.15 bits per heavy atom. The first-order valence-corrected chi connectivity index (χ1v) is 13.5. The number of allylic oxidation sites excluding steroid dienone is 1. The molecular formula is C28H38N4O7. The first-order valence-electron chi connectivity index (χ1n) is 13.5. The van der Waals surface area contributed by atoms with Gasteiger partial charge in [-0.3, -0.25) is 19.3 Å². The Hall–Kier alpha value is -2.99. The predicted molar refractivity (Wildman–Crippen MR) is 142 cm³/mol. The van der Waals surface area contributed by atoms with Gasteiger partial charge in [-0.15, -0.1) is 0 Å². The standard InChI is InChI=1S/C28H38N4O7/c1-30(2)17-11-14(12-32-7-5-6-8-32)22(33)19-15(17)9-13-10-16-21(31(3)4)24(35)20(27(29)38)26(37)28(16,39)25(36)18(13)23(19)34/h11,13,16,20-21,24,33,35-36,39H,5-10,12H2,1-4H3,(H2,29,38)/t13-,16-,20?,21?,24?,28-/m0/s1. The lowest BCUT2D eigenvalue weighted by Gasteiger charge is -2.53. The third-order valence-electron chi connectivity index (χ3n) is 9.22. The Labute approximate surface area is 227 Å². The molecule has 1 saturated carbocycles. The highest BCUT2D eigenvalue weighted by Crippen LogP contribution is 2.53. The number of aliphatic hydroxyl groups is 3. The van der Waals surface area contributed by atoms with E-state index in [0.717, 1.165) is 31.6 Å². The number of carbonyl (C=O) groups excluding carboxylic acids is 3. The van der Waals surface area contributed by atoms with E-state index in [1.807, 2.05) is 25.1 Å². The lowest BCUT2D eigenvalue weighted by Crippen LogP contribution is -2.71. The molecule has 5 rings (SSSR count). The molecule has 11 nitrogen and oxygen atoms in total. The van der Waals surface area contributed by atoms with Crippen molar-refractivity contribution in [3.63, 3.8) is 0 Å². The first kappa shape index (κ1) is 27.6. The monoisotopic (exact) mass is 542 g/mol. The second-order valence-corrected chi connectivity index (χ2v) is 11.9. The minimum atomic E-state index is -2.58. The number of hydrogen-bond acceptors (Lipinski definition) is 10. The number of nitrogens with zero attached hydrogens (tertiary/aromatic N) is 3. The normalized spacial score (nSPS) is 32.7. The van der Waals surface area contributed by atoms with E-state index in [0.29, 0.717) is 17.7 Å². The number of nitrogens with two attached hydrogens (primary N) is 1. The first-order chi connectivity index (χ1) is 18.3. The van der Waals surface area contributed by atoms with Crippen LogP contribution in [-0.4, -0.2) is 107 Å². The number of Topliss-reactive ketones (excluding diaryl/α,β-unsaturated/α-hetero) is 2. The number of benzene rings is 1. The predicted octanol–water partition coefficient (Wildman–Crippen LogP) is -0.0526. The van der Waals surface area contributed by atoms with Crippen LogP contribution in [0.15, 0.2) is 17.4 Å². The highest BCUT2D eigenvalue weighted by Gasteiger charge is 2.66. The number of fused-ring (bicyclic) bond motifs is 3. The van der Waals surface area contributed by atoms with Gasteiger partial charge >= 0.3 is 0 Å². The number of primary amides is 1. The Morgan fingerprint density at radius 2 is 1.79 bits per heavy atom. The average molecular weight is 543 g/mol. The second-order valence-electron chi connectivity index (χ2n) is 11.9. The summed E-state index contributed by atoms with van der Waals surface area (Å²) in [5, 5.41) is 45.7. The molecule has 4 aliphatic rings. The van der Waals surface area contributed by atoms with Crippen molar-refractivity contribution >= 4 is 23.2 Å². The minimum Gasteiger partial charge on any atom is -0.508 e. The number of carbonyl (C=O) groups is 3. The summed E-state index contributed by atoms with van der Waals surface area (Å²) in [6.07, 6.45) is 1.02. The van der Waals surface area contributed by atoms with Crippen molar-refractivity contribution in [1.29, 1.82) is 0 Å². The number of phenolic OH excluding ortho intramolecular Hbond substituents is 1. The lowest BCUT2D eigenvalue weighted by atomic mass is 9.56. The number of amides is 1. The van der Waals surface area contributed by atoms with E-state index in [-0.39, 0.29) is 29.7 Å². The summed E-state index contributed by atoms with van der Waals surface area (Å²) in [7, 11) is 7.01. The molecule has 39 heavy (non-hydrogen) atoms. The molecule has 0 bridgehead atoms. The topological polar surface area (TPSA) is 168 Å². The molecule has 1 aromatic carbocycles. The van der Waals surface area contributed by atoms with Crippen molar-refractivity contribution in [1.82, 2.24) is 9.80 Å². The molecule has 6 atom stereocenters. The largest absolute Gasteiger partial charge is 0.508 e. The number of aliphatic hydroxyl groups excluding tert-OH is 2. The van der Waals surface area contributed by atoms with Crippen LogP contribution in [0.5, 0.6) is 5.75 Å². The van der Waals surface area contributed by atoms with Gasteiger partial charge in [0.25, 0.3) is 0 Å². The van der Waals surface area contributed by atoms with Crippen molar-refractivity contribution < 1.29 is 34.8 Å². The maximum atomic E-state index is 14.1. The molecule has 0 aromatic heterocycles. The number of ketones is 2. The zero-order valence-electron chi connectivity index (χ0n) is 22.8. The van der Waals surface area contributed by atoms with Crippen LogP contribution in [0.25, 0.3) is 0 Å². The van der Waals surface area contributed by atoms with Gasteiger partial charge in [-0.1, -0.05) is 0 Å². The zero-order chi connectivity index (χ0) is 28.5. The van der Waals surface area contributed by atoms with Crippen molar-refractivity contribution in [2.24, 2.45) is 23.5 Å². The Balaban J connectivity index is 1.68. The van der Waals surface area contributed by atoms with Gasteiger partial charge in [-0.05, 0) is 70.4 Å². The fourth-order valence-corrected chi connectivity index (χ4v) is 7.41. The summed E-state index contributed by atoms with van der Waals surface area (Å²) in [6.45, 7) is 2.26. The molecular weight excluding hydrogens is 504 g/mol. The van der Waals surface area contributed by atoms with Crippen LogP contribution in [0, 0.1) is 17.8 Å². The maximum Gasteiger partial charge on any atom is 0.230 e. The van der Waals surface area contributed by atoms with Gasteiger partial charge in [-0.25, -0.2) is 0 Å². The number of anilines is 1. The molecule has 1 saturated heterocycles. The molecule has 1 aliphatic heterocycles. The summed E-state index contributed by atoms with van der Waals surface area (Å²) in [5.74, 6) is -7.20. The summed E-state index contributed by atoms with van der Waals surface area (Å²) in [4.78, 5) is 45.5. The van der Waals surface area contributed by atoms with Crippen LogP contribution in [0.1, 0.15) is 40.7 Å². The van der Waals surface area contributed by atoms with Crippen LogP contribution in [0.2, 0.25) is 0 Å². The van der Waals surface area contributed by atoms with E-state index < -0.39 is 58.7 Å². The molecule has 2 fully saturated rings. The van der Waals surface area contributed by atoms with Crippen LogP contribution in [0.4, 0.5) is 5.69 Å². The van der Waals surface area contributed by atoms with E-state index in [1.165, 1.54) is 0 Å². The fraction of sp³-hybridized carbons (Fsp3) is 0.607. The van der Waals surface area contributed by atoms with Crippen LogP contribution < -0.4 is 10.6 Å². The average Bonchev–Trinajstić information content (AvgIpc) is 3.35. The lowest BCUT2D eigenvalue weighted by molar-refractivity contribution is -0.178. The molecule has 3 unspecified atom stereocenters. The van der Waals surface area contributed by atoms with E-state index in [1.54, 1.807) is 19.0 Å². The van der Waals surface area contributed by atoms with Gasteiger partial charge in [0.15, 0.2) is 17.2 Å². The van der Waals surface area contributed by atoms with Crippen molar-refractivity contribution in [2.75, 3.05) is 46.2 Å². The fourth-order valence-electron chi connectivity index (χ4n) is 7.41. The summed E-state index contributed by atoms with van der Waals surface area (Å²) >= 11 is 0. The molecule has 0 spiro atoms. The smallest absolute Gasteiger partial charge is 0.230 e. The van der Waals surface area contributed by atoms with Crippen LogP contribution >= 0.6 is 0 Å². The van der Waals surface area contributed by atoms with Crippen LogP contribution in [-0.2, 0) is 22.6 Å². The van der Waals surface area contributed by atoms with Crippen LogP contribution in [0.3, 0.4) is 0 Å². The number of phenols is 1. The number of aromatic hydroxyl groups is 1. The molecule has 1 amide bonds. The molecule has 3 aliphatic carbocycles. The van der Waals surface area contributed by atoms with E-state index in [9.17, 15) is 34.8 Å². The SMILES string of the molecule is CN(C)c1cc(CN2CCCC2)c(O)c2c1C[C@H]1C[C@H]3C(N(C)C)C(O)C(C(N)=O)C(=O)[C@@]3(O)C(O)=C1C2=O. The number of rotatable bonds is 5. The van der Waals surface area contributed by atoms with Gasteiger partial charge < -0.3 is 36.0 Å². The minimum absolute atomic E-state index is 0.0640. The quantitative estimate of drug-likeness (QED) is 0.318. The Kier molecular flexibility index (Phi) is 6.77. The zero-order valence-corrected chi connectivity index (χ0v) is 22.8. The van der Waals surface area contributed by atoms with Gasteiger partial charge in [-0.2, -0.15) is 0 Å². The molecule has 11 heteroatoms. The molecule has 6 N–H and O–H groups in total. The van der Waals surface area contributed by atoms with Gasteiger partial charge in [0.2, 0.25) is 5.91 Å². The number of likely N-dealkylation sites (N-methyl/N-ethyl adjacent to an activating group) is 1. The summed E-state index contributed by atoms with van der Waals surface area (Å²) in [5.41, 5.74) is 4.81. The highest BCUT2D eigenvalue weighted by atomic mass is 16.3. The van der Waals surface area contributed by atoms with Crippen molar-refractivity contribution in [3.8, 4) is 5.75 Å². The third kappa shape index (κ3) is 3.97. The summed E-state index contributed by atoms with van der Waals surface area (Å²) < 4.78 is 0. The van der Waals surface area contributed by atoms with E-state index in [2.05, 4.69) is 4.90 Å². The molecule has 0 radical (unpaired) electrons. The van der Waals surface area contributed by atoms with Gasteiger partial charge in [0, 0.05) is 49.4 Å². The highest BCUT2D eigenvalue weighted by molar-refractivity contribution is 6.16. The van der Waals surface area contributed by atoms with E-state index in [4.69, 9.17) is 5.73 Å². The Bertz CT molecular complexity index is 1270. The van der Waals surface area contributed by atoms with E-state index >= 15 is 0 Å². The van der Waals surface area contributed by atoms with Crippen molar-refractivity contribution in [2.45, 2.75) is 50.0 Å². The molecule has 1 aromatic rings. The van der Waals surface area contributed by atoms with Gasteiger partial charge in [0.1, 0.15) is 17.4 Å². The Morgan fingerprint density at radius 3 is 2.36 bits per heavy atom. The number of likely N-dealkylation sites (tertiary alicyclic amines) is 1. The summed E-state index contributed by atoms with van der Waals surface area (Å²) in [6, 6.07) is 1.01. The number of hydrogen-bond donors (Lipinski definition) is 5. The molecule has 212 valence electrons. The van der Waals surface area contributed by atoms with Gasteiger partial charge in [0.05, 0.1) is 11.7 Å². The maximum absolute atomic E-state index is 14.1. The second kappa shape index (κ2) is 9.58.